The quantitative estimate of drug-likeness (QED) is 0.866. The molecule has 1 aromatic rings. The lowest BCUT2D eigenvalue weighted by Gasteiger charge is -2.31. The standard InChI is InChI=1S/C14H20ClFN2O2S.ClH/c1-2-17-10-11-5-7-18(8-6-11)21(19,20)14-4-3-12(15)9-13(14)16;/h3-4,9,11,17H,2,5-8,10H2,1H3;1H. The van der Waals surface area contributed by atoms with Gasteiger partial charge in [-0.1, -0.05) is 18.5 Å². The average Bonchev–Trinajstić information content (AvgIpc) is 2.45. The smallest absolute Gasteiger partial charge is 0.245 e. The Morgan fingerprint density at radius 1 is 1.36 bits per heavy atom. The third-order valence-electron chi connectivity index (χ3n) is 3.77. The average molecular weight is 371 g/mol. The summed E-state index contributed by atoms with van der Waals surface area (Å²) < 4.78 is 40.1. The lowest BCUT2D eigenvalue weighted by Crippen LogP contribution is -2.41. The number of benzene rings is 1. The highest BCUT2D eigenvalue weighted by atomic mass is 35.5. The molecule has 4 nitrogen and oxygen atoms in total. The third-order valence-corrected chi connectivity index (χ3v) is 5.94. The molecule has 1 saturated heterocycles. The molecule has 22 heavy (non-hydrogen) atoms. The molecule has 0 aliphatic carbocycles. The molecule has 2 rings (SSSR count). The molecule has 1 aliphatic rings. The minimum atomic E-state index is -3.77. The lowest BCUT2D eigenvalue weighted by molar-refractivity contribution is 0.268. The van der Waals surface area contributed by atoms with Crippen LogP contribution in [-0.4, -0.2) is 38.9 Å². The van der Waals surface area contributed by atoms with E-state index in [2.05, 4.69) is 5.32 Å². The lowest BCUT2D eigenvalue weighted by atomic mass is 9.98. The summed E-state index contributed by atoms with van der Waals surface area (Å²) in [5.41, 5.74) is 0. The fourth-order valence-corrected chi connectivity index (χ4v) is 4.20. The Bertz CT molecular complexity index is 591. The Morgan fingerprint density at radius 2 is 2.00 bits per heavy atom. The van der Waals surface area contributed by atoms with Crippen LogP contribution >= 0.6 is 24.0 Å². The minimum Gasteiger partial charge on any atom is -0.317 e. The molecule has 0 unspecified atom stereocenters. The molecule has 1 aliphatic heterocycles. The second-order valence-electron chi connectivity index (χ2n) is 5.23. The van der Waals surface area contributed by atoms with Crippen molar-refractivity contribution in [1.82, 2.24) is 9.62 Å². The monoisotopic (exact) mass is 370 g/mol. The first-order valence-corrected chi connectivity index (χ1v) is 8.93. The van der Waals surface area contributed by atoms with Crippen molar-refractivity contribution in [3.8, 4) is 0 Å². The van der Waals surface area contributed by atoms with E-state index < -0.39 is 15.8 Å². The molecular weight excluding hydrogens is 350 g/mol. The molecule has 0 amide bonds. The molecule has 1 heterocycles. The first kappa shape index (κ1) is 19.6. The summed E-state index contributed by atoms with van der Waals surface area (Å²) in [4.78, 5) is -0.294. The molecule has 0 saturated carbocycles. The Morgan fingerprint density at radius 3 is 2.55 bits per heavy atom. The molecule has 0 spiro atoms. The minimum absolute atomic E-state index is 0. The number of nitrogens with zero attached hydrogens (tertiary/aromatic N) is 1. The molecule has 8 heteroatoms. The van der Waals surface area contributed by atoms with Gasteiger partial charge in [0.05, 0.1) is 0 Å². The zero-order valence-corrected chi connectivity index (χ0v) is 14.8. The van der Waals surface area contributed by atoms with Crippen LogP contribution in [0.15, 0.2) is 23.1 Å². The highest BCUT2D eigenvalue weighted by Crippen LogP contribution is 2.26. The molecule has 1 aromatic carbocycles. The summed E-state index contributed by atoms with van der Waals surface area (Å²) in [6.45, 7) is 4.72. The van der Waals surface area contributed by atoms with Crippen molar-refractivity contribution in [3.05, 3.63) is 29.0 Å². The zero-order chi connectivity index (χ0) is 15.5. The number of hydrogen-bond donors (Lipinski definition) is 1. The van der Waals surface area contributed by atoms with Gasteiger partial charge in [0.25, 0.3) is 0 Å². The fourth-order valence-electron chi connectivity index (χ4n) is 2.53. The molecular formula is C14H21Cl2FN2O2S. The van der Waals surface area contributed by atoms with Crippen molar-refractivity contribution in [2.45, 2.75) is 24.7 Å². The molecule has 0 atom stereocenters. The van der Waals surface area contributed by atoms with E-state index >= 15 is 0 Å². The van der Waals surface area contributed by atoms with Crippen molar-refractivity contribution in [1.29, 1.82) is 0 Å². The van der Waals surface area contributed by atoms with Gasteiger partial charge in [-0.25, -0.2) is 12.8 Å². The first-order chi connectivity index (χ1) is 9.95. The highest BCUT2D eigenvalue weighted by molar-refractivity contribution is 7.89. The first-order valence-electron chi connectivity index (χ1n) is 7.11. The Hall–Kier alpha value is -0.400. The number of sulfonamides is 1. The normalized spacial score (nSPS) is 17.2. The van der Waals surface area contributed by atoms with Gasteiger partial charge in [-0.3, -0.25) is 0 Å². The number of hydrogen-bond acceptors (Lipinski definition) is 3. The van der Waals surface area contributed by atoms with Crippen LogP contribution in [0.1, 0.15) is 19.8 Å². The van der Waals surface area contributed by atoms with E-state index in [0.29, 0.717) is 19.0 Å². The summed E-state index contributed by atoms with van der Waals surface area (Å²) in [5.74, 6) is -0.316. The molecule has 0 radical (unpaired) electrons. The fraction of sp³-hybridized carbons (Fsp3) is 0.571. The van der Waals surface area contributed by atoms with Crippen LogP contribution in [0.25, 0.3) is 0 Å². The van der Waals surface area contributed by atoms with E-state index in [9.17, 15) is 12.8 Å². The van der Waals surface area contributed by atoms with Crippen LogP contribution in [0.5, 0.6) is 0 Å². The maximum atomic E-state index is 13.8. The van der Waals surface area contributed by atoms with E-state index in [1.165, 1.54) is 16.4 Å². The van der Waals surface area contributed by atoms with Crippen LogP contribution in [0.3, 0.4) is 0 Å². The van der Waals surface area contributed by atoms with Crippen LogP contribution in [0.2, 0.25) is 5.02 Å². The molecule has 0 bridgehead atoms. The van der Waals surface area contributed by atoms with Crippen LogP contribution in [-0.2, 0) is 10.0 Å². The van der Waals surface area contributed by atoms with Gasteiger partial charge in [0.15, 0.2) is 0 Å². The summed E-state index contributed by atoms with van der Waals surface area (Å²) >= 11 is 5.67. The van der Waals surface area contributed by atoms with E-state index in [0.717, 1.165) is 32.0 Å². The van der Waals surface area contributed by atoms with E-state index in [-0.39, 0.29) is 22.3 Å². The van der Waals surface area contributed by atoms with Gasteiger partial charge in [0.1, 0.15) is 10.7 Å². The summed E-state index contributed by atoms with van der Waals surface area (Å²) in [6, 6.07) is 3.67. The SMILES string of the molecule is CCNCC1CCN(S(=O)(=O)c2ccc(Cl)cc2F)CC1.Cl. The van der Waals surface area contributed by atoms with Gasteiger partial charge in [0.2, 0.25) is 10.0 Å². The van der Waals surface area contributed by atoms with Crippen molar-refractivity contribution >= 4 is 34.0 Å². The summed E-state index contributed by atoms with van der Waals surface area (Å²) in [6.07, 6.45) is 1.59. The second-order valence-corrected chi connectivity index (χ2v) is 7.57. The van der Waals surface area contributed by atoms with E-state index in [1.54, 1.807) is 0 Å². The van der Waals surface area contributed by atoms with Crippen molar-refractivity contribution in [2.24, 2.45) is 5.92 Å². The number of nitrogens with one attached hydrogen (secondary N) is 1. The van der Waals surface area contributed by atoms with Gasteiger partial charge >= 0.3 is 0 Å². The predicted octanol–water partition coefficient (Wildman–Crippen LogP) is 2.91. The van der Waals surface area contributed by atoms with E-state index in [1.807, 2.05) is 6.92 Å². The molecule has 1 N–H and O–H groups in total. The second kappa shape index (κ2) is 8.45. The Balaban J connectivity index is 0.00000242. The van der Waals surface area contributed by atoms with Crippen molar-refractivity contribution in [2.75, 3.05) is 26.2 Å². The third kappa shape index (κ3) is 4.55. The van der Waals surface area contributed by atoms with E-state index in [4.69, 9.17) is 11.6 Å². The maximum Gasteiger partial charge on any atom is 0.245 e. The summed E-state index contributed by atoms with van der Waals surface area (Å²) in [5, 5.41) is 3.47. The largest absolute Gasteiger partial charge is 0.317 e. The van der Waals surface area contributed by atoms with Gasteiger partial charge in [-0.05, 0) is 50.0 Å². The Kier molecular flexibility index (Phi) is 7.55. The van der Waals surface area contributed by atoms with Gasteiger partial charge in [-0.15, -0.1) is 12.4 Å². The summed E-state index contributed by atoms with van der Waals surface area (Å²) in [7, 11) is -3.77. The molecule has 126 valence electrons. The van der Waals surface area contributed by atoms with Crippen LogP contribution < -0.4 is 5.32 Å². The topological polar surface area (TPSA) is 49.4 Å². The number of halogens is 3. The van der Waals surface area contributed by atoms with Crippen LogP contribution in [0, 0.1) is 11.7 Å². The van der Waals surface area contributed by atoms with Crippen LogP contribution in [0.4, 0.5) is 4.39 Å². The van der Waals surface area contributed by atoms with Gasteiger partial charge < -0.3 is 5.32 Å². The maximum absolute atomic E-state index is 13.8. The predicted molar refractivity (Wildman–Crippen MR) is 88.7 cm³/mol. The van der Waals surface area contributed by atoms with Crippen molar-refractivity contribution in [3.63, 3.8) is 0 Å². The van der Waals surface area contributed by atoms with Gasteiger partial charge in [-0.2, -0.15) is 4.31 Å². The van der Waals surface area contributed by atoms with Gasteiger partial charge in [0, 0.05) is 18.1 Å². The Labute approximate surface area is 142 Å². The molecule has 0 aromatic heterocycles. The molecule has 1 fully saturated rings. The van der Waals surface area contributed by atoms with Crippen molar-refractivity contribution < 1.29 is 12.8 Å². The number of piperidine rings is 1. The zero-order valence-electron chi connectivity index (χ0n) is 12.4. The highest BCUT2D eigenvalue weighted by Gasteiger charge is 2.31. The number of rotatable bonds is 5.